The average molecular weight is 242 g/mol. The Morgan fingerprint density at radius 3 is 2.53 bits per heavy atom. The summed E-state index contributed by atoms with van der Waals surface area (Å²) in [5.41, 5.74) is 5.43. The van der Waals surface area contributed by atoms with Crippen molar-refractivity contribution in [1.29, 1.82) is 0 Å². The lowest BCUT2D eigenvalue weighted by Gasteiger charge is -2.38. The minimum Gasteiger partial charge on any atom is -0.394 e. The van der Waals surface area contributed by atoms with Gasteiger partial charge in [0.15, 0.2) is 0 Å². The van der Waals surface area contributed by atoms with Crippen LogP contribution in [0.15, 0.2) is 0 Å². The summed E-state index contributed by atoms with van der Waals surface area (Å²) in [5, 5.41) is 12.0. The topological polar surface area (TPSA) is 75.3 Å². The molecule has 0 aromatic rings. The first-order chi connectivity index (χ1) is 8.07. The van der Waals surface area contributed by atoms with Crippen LogP contribution in [0.25, 0.3) is 0 Å². The second-order valence-electron chi connectivity index (χ2n) is 5.43. The van der Waals surface area contributed by atoms with Gasteiger partial charge in [0.05, 0.1) is 18.1 Å². The van der Waals surface area contributed by atoms with E-state index in [1.54, 1.807) is 0 Å². The van der Waals surface area contributed by atoms with Crippen LogP contribution in [-0.2, 0) is 4.79 Å². The summed E-state index contributed by atoms with van der Waals surface area (Å²) < 4.78 is 0. The molecule has 100 valence electrons. The standard InChI is InChI=1S/C13H26N2O2/c1-3-11(8-16)15-12(17)13(9-14)6-4-10(2)5-7-13/h10-11,16H,3-9,14H2,1-2H3,(H,15,17)/t10?,11-,13?/m0/s1. The van der Waals surface area contributed by atoms with Crippen molar-refractivity contribution in [3.8, 4) is 0 Å². The molecule has 0 bridgehead atoms. The molecule has 1 amide bonds. The fourth-order valence-electron chi connectivity index (χ4n) is 2.45. The molecule has 0 spiro atoms. The summed E-state index contributed by atoms with van der Waals surface area (Å²) in [7, 11) is 0. The van der Waals surface area contributed by atoms with Crippen LogP contribution < -0.4 is 11.1 Å². The number of carbonyl (C=O) groups is 1. The fraction of sp³-hybridized carbons (Fsp3) is 0.923. The van der Waals surface area contributed by atoms with E-state index in [9.17, 15) is 4.79 Å². The largest absolute Gasteiger partial charge is 0.394 e. The number of nitrogens with one attached hydrogen (secondary N) is 1. The van der Waals surface area contributed by atoms with Crippen molar-refractivity contribution in [1.82, 2.24) is 5.32 Å². The summed E-state index contributed by atoms with van der Waals surface area (Å²) in [6.07, 6.45) is 4.64. The van der Waals surface area contributed by atoms with E-state index in [0.29, 0.717) is 12.5 Å². The highest BCUT2D eigenvalue weighted by molar-refractivity contribution is 5.83. The van der Waals surface area contributed by atoms with Gasteiger partial charge in [-0.15, -0.1) is 0 Å². The molecule has 1 aliphatic rings. The number of hydrogen-bond donors (Lipinski definition) is 3. The van der Waals surface area contributed by atoms with Crippen LogP contribution in [0.1, 0.15) is 46.0 Å². The zero-order valence-electron chi connectivity index (χ0n) is 11.0. The molecular formula is C13H26N2O2. The third kappa shape index (κ3) is 3.42. The smallest absolute Gasteiger partial charge is 0.227 e. The highest BCUT2D eigenvalue weighted by atomic mass is 16.3. The van der Waals surface area contributed by atoms with Crippen molar-refractivity contribution in [2.24, 2.45) is 17.1 Å². The Morgan fingerprint density at radius 1 is 1.53 bits per heavy atom. The van der Waals surface area contributed by atoms with Gasteiger partial charge < -0.3 is 16.2 Å². The lowest BCUT2D eigenvalue weighted by Crippen LogP contribution is -2.51. The Labute approximate surface area is 104 Å². The summed E-state index contributed by atoms with van der Waals surface area (Å²) in [5.74, 6) is 0.732. The average Bonchev–Trinajstić information content (AvgIpc) is 2.37. The van der Waals surface area contributed by atoms with E-state index in [1.807, 2.05) is 6.92 Å². The lowest BCUT2D eigenvalue weighted by molar-refractivity contribution is -0.134. The third-order valence-electron chi connectivity index (χ3n) is 4.15. The highest BCUT2D eigenvalue weighted by Crippen LogP contribution is 2.38. The van der Waals surface area contributed by atoms with E-state index in [0.717, 1.165) is 32.1 Å². The molecule has 1 fully saturated rings. The molecule has 4 heteroatoms. The predicted octanol–water partition coefficient (Wildman–Crippen LogP) is 1.03. The first-order valence-electron chi connectivity index (χ1n) is 6.70. The van der Waals surface area contributed by atoms with Gasteiger partial charge >= 0.3 is 0 Å². The van der Waals surface area contributed by atoms with Gasteiger partial charge in [0, 0.05) is 6.54 Å². The summed E-state index contributed by atoms with van der Waals surface area (Å²) >= 11 is 0. The second kappa shape index (κ2) is 6.36. The number of aliphatic hydroxyl groups excluding tert-OH is 1. The minimum absolute atomic E-state index is 0.000700. The lowest BCUT2D eigenvalue weighted by atomic mass is 9.70. The molecule has 1 aliphatic carbocycles. The minimum atomic E-state index is -0.394. The monoisotopic (exact) mass is 242 g/mol. The number of amides is 1. The second-order valence-corrected chi connectivity index (χ2v) is 5.43. The fourth-order valence-corrected chi connectivity index (χ4v) is 2.45. The Balaban J connectivity index is 2.63. The van der Waals surface area contributed by atoms with E-state index in [-0.39, 0.29) is 18.6 Å². The van der Waals surface area contributed by atoms with Crippen LogP contribution in [-0.4, -0.2) is 30.2 Å². The SMILES string of the molecule is CC[C@@H](CO)NC(=O)C1(CN)CCC(C)CC1. The van der Waals surface area contributed by atoms with Gasteiger partial charge in [0.2, 0.25) is 5.91 Å². The molecule has 1 rings (SSSR count). The maximum absolute atomic E-state index is 12.3. The van der Waals surface area contributed by atoms with Gasteiger partial charge in [-0.2, -0.15) is 0 Å². The van der Waals surface area contributed by atoms with Crippen LogP contribution in [0, 0.1) is 11.3 Å². The first kappa shape index (κ1) is 14.5. The Kier molecular flexibility index (Phi) is 5.40. The van der Waals surface area contributed by atoms with Gasteiger partial charge in [-0.25, -0.2) is 0 Å². The summed E-state index contributed by atoms with van der Waals surface area (Å²) in [4.78, 5) is 12.3. The molecular weight excluding hydrogens is 216 g/mol. The van der Waals surface area contributed by atoms with Gasteiger partial charge in [0.25, 0.3) is 0 Å². The van der Waals surface area contributed by atoms with Crippen molar-refractivity contribution >= 4 is 5.91 Å². The van der Waals surface area contributed by atoms with Crippen LogP contribution >= 0.6 is 0 Å². The van der Waals surface area contributed by atoms with Crippen LogP contribution in [0.2, 0.25) is 0 Å². The highest BCUT2D eigenvalue weighted by Gasteiger charge is 2.40. The van der Waals surface area contributed by atoms with E-state index < -0.39 is 5.41 Å². The van der Waals surface area contributed by atoms with Gasteiger partial charge in [0.1, 0.15) is 0 Å². The van der Waals surface area contributed by atoms with Gasteiger partial charge in [-0.3, -0.25) is 4.79 Å². The number of hydrogen-bond acceptors (Lipinski definition) is 3. The van der Waals surface area contributed by atoms with E-state index in [2.05, 4.69) is 12.2 Å². The number of nitrogens with two attached hydrogens (primary N) is 1. The maximum Gasteiger partial charge on any atom is 0.227 e. The number of carbonyl (C=O) groups excluding carboxylic acids is 1. The maximum atomic E-state index is 12.3. The predicted molar refractivity (Wildman–Crippen MR) is 68.4 cm³/mol. The molecule has 0 unspecified atom stereocenters. The Morgan fingerprint density at radius 2 is 2.12 bits per heavy atom. The van der Waals surface area contributed by atoms with Crippen LogP contribution in [0.4, 0.5) is 0 Å². The molecule has 1 saturated carbocycles. The van der Waals surface area contributed by atoms with Crippen molar-refractivity contribution in [3.05, 3.63) is 0 Å². The molecule has 0 radical (unpaired) electrons. The number of aliphatic hydroxyl groups is 1. The van der Waals surface area contributed by atoms with E-state index >= 15 is 0 Å². The summed E-state index contributed by atoms with van der Waals surface area (Å²) in [6.45, 7) is 4.59. The molecule has 0 saturated heterocycles. The Hall–Kier alpha value is -0.610. The quantitative estimate of drug-likeness (QED) is 0.674. The van der Waals surface area contributed by atoms with E-state index in [1.165, 1.54) is 0 Å². The first-order valence-corrected chi connectivity index (χ1v) is 6.70. The van der Waals surface area contributed by atoms with E-state index in [4.69, 9.17) is 10.8 Å². The van der Waals surface area contributed by atoms with Crippen molar-refractivity contribution in [3.63, 3.8) is 0 Å². The molecule has 17 heavy (non-hydrogen) atoms. The zero-order valence-corrected chi connectivity index (χ0v) is 11.0. The van der Waals surface area contributed by atoms with Gasteiger partial charge in [-0.1, -0.05) is 13.8 Å². The van der Waals surface area contributed by atoms with Crippen molar-refractivity contribution < 1.29 is 9.90 Å². The summed E-state index contributed by atoms with van der Waals surface area (Å²) in [6, 6.07) is -0.134. The van der Waals surface area contributed by atoms with Crippen LogP contribution in [0.5, 0.6) is 0 Å². The molecule has 0 aromatic heterocycles. The van der Waals surface area contributed by atoms with Gasteiger partial charge in [-0.05, 0) is 38.0 Å². The molecule has 0 heterocycles. The molecule has 1 atom stereocenters. The molecule has 4 N–H and O–H groups in total. The zero-order chi connectivity index (χ0) is 12.9. The van der Waals surface area contributed by atoms with Crippen molar-refractivity contribution in [2.45, 2.75) is 52.0 Å². The number of rotatable bonds is 5. The normalized spacial score (nSPS) is 30.9. The third-order valence-corrected chi connectivity index (χ3v) is 4.15. The molecule has 0 aliphatic heterocycles. The van der Waals surface area contributed by atoms with Crippen LogP contribution in [0.3, 0.4) is 0 Å². The Bertz CT molecular complexity index is 244. The van der Waals surface area contributed by atoms with Crippen molar-refractivity contribution in [2.75, 3.05) is 13.2 Å². The molecule has 4 nitrogen and oxygen atoms in total. The molecule has 0 aromatic carbocycles.